The third-order valence-electron chi connectivity index (χ3n) is 1.33. The van der Waals surface area contributed by atoms with Gasteiger partial charge in [0.05, 0.1) is 0 Å². The van der Waals surface area contributed by atoms with Gasteiger partial charge in [-0.2, -0.15) is 0 Å². The molecule has 30 heavy (non-hydrogen) atoms. The predicted octanol–water partition coefficient (Wildman–Crippen LogP) is 10.1. The fourth-order valence-electron chi connectivity index (χ4n) is 0.770. The molecule has 0 saturated heterocycles. The molecule has 0 atom stereocenters. The Hall–Kier alpha value is -1.64. The summed E-state index contributed by atoms with van der Waals surface area (Å²) in [5.74, 6) is 0. The van der Waals surface area contributed by atoms with Crippen LogP contribution < -0.4 is 0 Å². The van der Waals surface area contributed by atoms with Crippen LogP contribution in [0.25, 0.3) is 0 Å². The molecule has 0 aromatic heterocycles. The fourth-order valence-corrected chi connectivity index (χ4v) is 0.770. The van der Waals surface area contributed by atoms with Gasteiger partial charge in [0.25, 0.3) is 0 Å². The number of ether oxygens (including phenoxy) is 2. The summed E-state index contributed by atoms with van der Waals surface area (Å²) < 4.78 is 8.50. The molecule has 0 saturated carbocycles. The van der Waals surface area contributed by atoms with Crippen molar-refractivity contribution < 1.29 is 9.47 Å². The standard InChI is InChI=1S/2C6H6.2C2H6O.6C2H6/c2*1-2-4-6-5-3-1;2*1-3-2;6*1-2/h2*1-6H;2*1-2H3;6*1-2H3. The Morgan fingerprint density at radius 1 is 0.233 bits per heavy atom. The van der Waals surface area contributed by atoms with Crippen LogP contribution in [0.5, 0.6) is 0 Å². The first kappa shape index (κ1) is 51.2. The van der Waals surface area contributed by atoms with Crippen LogP contribution in [0.4, 0.5) is 0 Å². The molecule has 0 amide bonds. The van der Waals surface area contributed by atoms with Crippen molar-refractivity contribution in [1.82, 2.24) is 0 Å². The second kappa shape index (κ2) is 124. The topological polar surface area (TPSA) is 18.5 Å². The first-order valence-corrected chi connectivity index (χ1v) is 11.6. The largest absolute Gasteiger partial charge is 0.388 e. The van der Waals surface area contributed by atoms with Crippen LogP contribution >= 0.6 is 0 Å². The highest BCUT2D eigenvalue weighted by Crippen LogP contribution is 1.80. The van der Waals surface area contributed by atoms with E-state index < -0.39 is 0 Å². The Morgan fingerprint density at radius 3 is 0.300 bits per heavy atom. The Kier molecular flexibility index (Phi) is 212. The zero-order valence-electron chi connectivity index (χ0n) is 23.7. The molecule has 184 valence electrons. The minimum Gasteiger partial charge on any atom is -0.388 e. The highest BCUT2D eigenvalue weighted by atomic mass is 16.5. The normalized spacial score (nSPS) is 5.60. The van der Waals surface area contributed by atoms with E-state index in [0.717, 1.165) is 0 Å². The van der Waals surface area contributed by atoms with Gasteiger partial charge in [-0.05, 0) is 0 Å². The minimum absolute atomic E-state index is 1.62. The second-order valence-electron chi connectivity index (χ2n) is 3.13. The lowest BCUT2D eigenvalue weighted by Crippen LogP contribution is -1.55. The molecule has 0 radical (unpaired) electrons. The van der Waals surface area contributed by atoms with Gasteiger partial charge in [-0.1, -0.05) is 156 Å². The Labute approximate surface area is 194 Å². The lowest BCUT2D eigenvalue weighted by molar-refractivity contribution is 0.277. The van der Waals surface area contributed by atoms with E-state index in [9.17, 15) is 0 Å². The maximum Gasteiger partial charge on any atom is 0.0351 e. The lowest BCUT2D eigenvalue weighted by atomic mass is 10.4. The van der Waals surface area contributed by atoms with E-state index >= 15 is 0 Å². The minimum atomic E-state index is 1.62. The maximum atomic E-state index is 4.25. The molecule has 0 aliphatic rings. The summed E-state index contributed by atoms with van der Waals surface area (Å²) in [6.07, 6.45) is 0. The van der Waals surface area contributed by atoms with E-state index in [-0.39, 0.29) is 0 Å². The first-order chi connectivity index (χ1) is 14.8. The third kappa shape index (κ3) is 158. The Morgan fingerprint density at radius 2 is 0.267 bits per heavy atom. The Balaban J connectivity index is -0.0000000316. The van der Waals surface area contributed by atoms with Crippen molar-refractivity contribution in [2.45, 2.75) is 83.1 Å². The average molecular weight is 429 g/mol. The monoisotopic (exact) mass is 428 g/mol. The average Bonchev–Trinajstić information content (AvgIpc) is 2.90. The molecule has 2 aromatic rings. The van der Waals surface area contributed by atoms with Gasteiger partial charge in [0.2, 0.25) is 0 Å². The van der Waals surface area contributed by atoms with E-state index in [0.29, 0.717) is 0 Å². The van der Waals surface area contributed by atoms with Gasteiger partial charge in [0, 0.05) is 28.4 Å². The molecule has 2 heteroatoms. The number of hydrogen-bond donors (Lipinski definition) is 0. The van der Waals surface area contributed by atoms with Gasteiger partial charge in [0.1, 0.15) is 0 Å². The van der Waals surface area contributed by atoms with E-state index in [2.05, 4.69) is 9.47 Å². The molecule has 2 aromatic carbocycles. The summed E-state index contributed by atoms with van der Waals surface area (Å²) in [4.78, 5) is 0. The van der Waals surface area contributed by atoms with Crippen LogP contribution in [0.2, 0.25) is 0 Å². The van der Waals surface area contributed by atoms with Crippen LogP contribution in [-0.4, -0.2) is 28.4 Å². The number of methoxy groups -OCH3 is 2. The van der Waals surface area contributed by atoms with Gasteiger partial charge in [-0.25, -0.2) is 0 Å². The zero-order valence-corrected chi connectivity index (χ0v) is 23.7. The van der Waals surface area contributed by atoms with Crippen LogP contribution in [0.3, 0.4) is 0 Å². The maximum absolute atomic E-state index is 4.25. The van der Waals surface area contributed by atoms with Gasteiger partial charge in [0.15, 0.2) is 0 Å². The van der Waals surface area contributed by atoms with E-state index in [1.807, 2.05) is 156 Å². The fraction of sp³-hybridized carbons (Fsp3) is 0.571. The van der Waals surface area contributed by atoms with Crippen molar-refractivity contribution in [3.05, 3.63) is 72.8 Å². The first-order valence-electron chi connectivity index (χ1n) is 11.6. The molecule has 2 nitrogen and oxygen atoms in total. The van der Waals surface area contributed by atoms with Gasteiger partial charge < -0.3 is 9.47 Å². The molecule has 0 aliphatic carbocycles. The smallest absolute Gasteiger partial charge is 0.0351 e. The van der Waals surface area contributed by atoms with Gasteiger partial charge >= 0.3 is 0 Å². The summed E-state index contributed by atoms with van der Waals surface area (Å²) >= 11 is 0. The van der Waals surface area contributed by atoms with Gasteiger partial charge in [-0.15, -0.1) is 0 Å². The molecule has 0 bridgehead atoms. The van der Waals surface area contributed by atoms with Crippen molar-refractivity contribution in [3.63, 3.8) is 0 Å². The molecule has 0 heterocycles. The summed E-state index contributed by atoms with van der Waals surface area (Å²) in [6.45, 7) is 24.0. The SMILES string of the molecule is CC.CC.CC.CC.CC.CC.COC.COC.c1ccccc1.c1ccccc1. The molecule has 0 fully saturated rings. The summed E-state index contributed by atoms with van der Waals surface area (Å²) in [5.41, 5.74) is 0. The molecule has 0 aliphatic heterocycles. The van der Waals surface area contributed by atoms with Gasteiger partial charge in [-0.3, -0.25) is 0 Å². The Bertz CT molecular complexity index is 210. The van der Waals surface area contributed by atoms with Crippen LogP contribution in [0.15, 0.2) is 72.8 Å². The molecule has 0 N–H and O–H groups in total. The zero-order chi connectivity index (χ0) is 25.9. The van der Waals surface area contributed by atoms with Crippen molar-refractivity contribution in [1.29, 1.82) is 0 Å². The quantitative estimate of drug-likeness (QED) is 0.415. The van der Waals surface area contributed by atoms with Crippen LogP contribution in [0, 0.1) is 0 Å². The highest BCUT2D eigenvalue weighted by Gasteiger charge is 1.58. The van der Waals surface area contributed by atoms with Crippen LogP contribution in [-0.2, 0) is 9.47 Å². The molecule has 0 spiro atoms. The lowest BCUT2D eigenvalue weighted by Gasteiger charge is -1.69. The van der Waals surface area contributed by atoms with E-state index in [1.54, 1.807) is 28.4 Å². The van der Waals surface area contributed by atoms with E-state index in [1.165, 1.54) is 0 Å². The molecule has 2 rings (SSSR count). The summed E-state index contributed by atoms with van der Waals surface area (Å²) in [7, 11) is 6.50. The molecule has 0 unspecified atom stereocenters. The van der Waals surface area contributed by atoms with Crippen LogP contribution in [0.1, 0.15) is 83.1 Å². The van der Waals surface area contributed by atoms with Crippen molar-refractivity contribution >= 4 is 0 Å². The van der Waals surface area contributed by atoms with Crippen molar-refractivity contribution in [3.8, 4) is 0 Å². The second-order valence-corrected chi connectivity index (χ2v) is 3.13. The number of benzene rings is 2. The highest BCUT2D eigenvalue weighted by molar-refractivity contribution is 4.99. The third-order valence-corrected chi connectivity index (χ3v) is 1.33. The molecular weight excluding hydrogens is 368 g/mol. The van der Waals surface area contributed by atoms with Crippen molar-refractivity contribution in [2.24, 2.45) is 0 Å². The predicted molar refractivity (Wildman–Crippen MR) is 147 cm³/mol. The number of rotatable bonds is 0. The van der Waals surface area contributed by atoms with E-state index in [4.69, 9.17) is 0 Å². The summed E-state index contributed by atoms with van der Waals surface area (Å²) in [6, 6.07) is 24.0. The van der Waals surface area contributed by atoms with Crippen molar-refractivity contribution in [2.75, 3.05) is 28.4 Å². The summed E-state index contributed by atoms with van der Waals surface area (Å²) in [5, 5.41) is 0. The molecular formula is C28H60O2. The number of hydrogen-bond acceptors (Lipinski definition) is 2.